The highest BCUT2D eigenvalue weighted by molar-refractivity contribution is 5.84. The first-order valence-corrected chi connectivity index (χ1v) is 14.5. The molecular weight excluding hydrogens is 564 g/mol. The molecule has 3 aromatic heterocycles. The van der Waals surface area contributed by atoms with Gasteiger partial charge in [0.15, 0.2) is 35.1 Å². The first kappa shape index (κ1) is 27.9. The molecule has 0 radical (unpaired) electrons. The van der Waals surface area contributed by atoms with E-state index in [9.17, 15) is 9.90 Å². The molecule has 0 spiro atoms. The van der Waals surface area contributed by atoms with E-state index in [0.29, 0.717) is 41.8 Å². The van der Waals surface area contributed by atoms with Gasteiger partial charge in [-0.05, 0) is 24.1 Å². The molecule has 0 aliphatic carbocycles. The Labute approximate surface area is 252 Å². The predicted octanol–water partition coefficient (Wildman–Crippen LogP) is 2.13. The van der Waals surface area contributed by atoms with Crippen molar-refractivity contribution in [3.05, 3.63) is 90.3 Å². The van der Waals surface area contributed by atoms with Crippen molar-refractivity contribution in [1.82, 2.24) is 40.0 Å². The molecule has 2 aromatic carbocycles. The summed E-state index contributed by atoms with van der Waals surface area (Å²) < 4.78 is 13.2. The number of aliphatic hydroxyl groups excluding tert-OH is 1. The SMILES string of the molecule is O=CO[C@@H]1[C@H](O)[C@@H](c2ncn[nH]2)O[C@H]1n1cnc2c(NCC(c3ccccc3)c3ccccc3)nc(N[C@@H]3CCNC3)nc21. The Morgan fingerprint density at radius 1 is 1.09 bits per heavy atom. The molecule has 0 saturated carbocycles. The number of hydrogen-bond acceptors (Lipinski definition) is 12. The number of aromatic nitrogens is 7. The summed E-state index contributed by atoms with van der Waals surface area (Å²) in [6, 6.07) is 20.8. The second-order valence-electron chi connectivity index (χ2n) is 10.8. The van der Waals surface area contributed by atoms with Crippen LogP contribution in [0.3, 0.4) is 0 Å². The summed E-state index contributed by atoms with van der Waals surface area (Å²) in [5.74, 6) is 1.31. The highest BCUT2D eigenvalue weighted by atomic mass is 16.6. The van der Waals surface area contributed by atoms with E-state index in [1.54, 1.807) is 10.9 Å². The number of imidazole rings is 1. The molecular formula is C30H32N10O4. The number of nitrogens with zero attached hydrogens (tertiary/aromatic N) is 6. The summed E-state index contributed by atoms with van der Waals surface area (Å²) in [7, 11) is 0. The van der Waals surface area contributed by atoms with Crippen LogP contribution < -0.4 is 16.0 Å². The number of aromatic amines is 1. The number of carbonyl (C=O) groups is 1. The molecule has 44 heavy (non-hydrogen) atoms. The number of nitrogens with one attached hydrogen (secondary N) is 4. The molecule has 5 N–H and O–H groups in total. The normalized spacial score (nSPS) is 23.3. The van der Waals surface area contributed by atoms with Crippen LogP contribution in [0.4, 0.5) is 11.8 Å². The molecule has 2 aliphatic rings. The number of aliphatic hydroxyl groups is 1. The summed E-state index contributed by atoms with van der Waals surface area (Å²) in [6.07, 6.45) is -0.320. The monoisotopic (exact) mass is 596 g/mol. The highest BCUT2D eigenvalue weighted by Crippen LogP contribution is 2.40. The molecule has 5 heterocycles. The molecule has 14 heteroatoms. The Kier molecular flexibility index (Phi) is 7.83. The van der Waals surface area contributed by atoms with Crippen LogP contribution in [0.5, 0.6) is 0 Å². The summed E-state index contributed by atoms with van der Waals surface area (Å²) in [5.41, 5.74) is 3.28. The topological polar surface area (TPSA) is 177 Å². The number of hydrogen-bond donors (Lipinski definition) is 5. The van der Waals surface area contributed by atoms with Crippen molar-refractivity contribution in [3.8, 4) is 0 Å². The lowest BCUT2D eigenvalue weighted by molar-refractivity contribution is -0.142. The maximum atomic E-state index is 11.5. The lowest BCUT2D eigenvalue weighted by atomic mass is 9.91. The standard InChI is InChI=1S/C30H32N10O4/c41-17-43-25-23(42)24(27-33-15-35-39-27)44-29(25)40-16-34-22-26(37-30(38-28(22)40)36-20-11-12-31-13-20)32-14-21(18-7-3-1-4-8-18)19-9-5-2-6-10-19/h1-10,15-17,20-21,23-25,29,31,42H,11-14H2,(H,33,35,39)(H2,32,36,37,38)/t20-,23-,24+,25-,29-/m1/s1. The fourth-order valence-electron chi connectivity index (χ4n) is 5.91. The van der Waals surface area contributed by atoms with Crippen LogP contribution in [0.15, 0.2) is 73.3 Å². The van der Waals surface area contributed by atoms with E-state index in [4.69, 9.17) is 19.4 Å². The van der Waals surface area contributed by atoms with E-state index in [0.717, 1.165) is 30.6 Å². The van der Waals surface area contributed by atoms with Gasteiger partial charge in [0.1, 0.15) is 18.5 Å². The van der Waals surface area contributed by atoms with Crippen molar-refractivity contribution in [3.63, 3.8) is 0 Å². The van der Waals surface area contributed by atoms with Crippen LogP contribution in [-0.4, -0.2) is 84.2 Å². The predicted molar refractivity (Wildman–Crippen MR) is 160 cm³/mol. The van der Waals surface area contributed by atoms with Crippen molar-refractivity contribution >= 4 is 29.4 Å². The average molecular weight is 597 g/mol. The summed E-state index contributed by atoms with van der Waals surface area (Å²) in [6.45, 7) is 2.53. The van der Waals surface area contributed by atoms with Crippen molar-refractivity contribution in [2.24, 2.45) is 0 Å². The molecule has 7 rings (SSSR count). The third-order valence-corrected chi connectivity index (χ3v) is 8.10. The lowest BCUT2D eigenvalue weighted by Crippen LogP contribution is -2.32. The Balaban J connectivity index is 1.26. The van der Waals surface area contributed by atoms with Crippen molar-refractivity contribution in [2.75, 3.05) is 30.3 Å². The number of ether oxygens (including phenoxy) is 2. The quantitative estimate of drug-likeness (QED) is 0.141. The van der Waals surface area contributed by atoms with Crippen molar-refractivity contribution in [1.29, 1.82) is 0 Å². The van der Waals surface area contributed by atoms with Gasteiger partial charge in [-0.1, -0.05) is 60.7 Å². The van der Waals surface area contributed by atoms with E-state index in [1.807, 2.05) is 36.4 Å². The van der Waals surface area contributed by atoms with E-state index in [1.165, 1.54) is 6.33 Å². The van der Waals surface area contributed by atoms with Gasteiger partial charge in [-0.25, -0.2) is 9.97 Å². The third kappa shape index (κ3) is 5.45. The molecule has 2 fully saturated rings. The van der Waals surface area contributed by atoms with E-state index < -0.39 is 24.5 Å². The summed E-state index contributed by atoms with van der Waals surface area (Å²) in [4.78, 5) is 29.9. The maximum Gasteiger partial charge on any atom is 0.293 e. The second-order valence-corrected chi connectivity index (χ2v) is 10.8. The highest BCUT2D eigenvalue weighted by Gasteiger charge is 2.49. The van der Waals surface area contributed by atoms with Crippen LogP contribution >= 0.6 is 0 Å². The van der Waals surface area contributed by atoms with Crippen LogP contribution in [-0.2, 0) is 14.3 Å². The number of carbonyl (C=O) groups excluding carboxylic acids is 1. The fourth-order valence-corrected chi connectivity index (χ4v) is 5.91. The lowest BCUT2D eigenvalue weighted by Gasteiger charge is -2.21. The van der Waals surface area contributed by atoms with Gasteiger partial charge in [0.05, 0.1) is 6.33 Å². The second kappa shape index (κ2) is 12.4. The Morgan fingerprint density at radius 3 is 2.52 bits per heavy atom. The van der Waals surface area contributed by atoms with Crippen LogP contribution in [0.2, 0.25) is 0 Å². The van der Waals surface area contributed by atoms with E-state index in [-0.39, 0.29) is 12.0 Å². The van der Waals surface area contributed by atoms with E-state index >= 15 is 0 Å². The molecule has 0 amide bonds. The zero-order valence-corrected chi connectivity index (χ0v) is 23.7. The van der Waals surface area contributed by atoms with Gasteiger partial charge >= 0.3 is 0 Å². The minimum Gasteiger partial charge on any atom is -0.457 e. The van der Waals surface area contributed by atoms with Gasteiger partial charge < -0.3 is 30.5 Å². The first-order chi connectivity index (χ1) is 21.7. The Bertz CT molecular complexity index is 1640. The zero-order valence-electron chi connectivity index (χ0n) is 23.7. The number of rotatable bonds is 11. The third-order valence-electron chi connectivity index (χ3n) is 8.10. The Morgan fingerprint density at radius 2 is 1.86 bits per heavy atom. The van der Waals surface area contributed by atoms with Gasteiger partial charge in [-0.3, -0.25) is 14.5 Å². The molecule has 0 unspecified atom stereocenters. The van der Waals surface area contributed by atoms with Crippen LogP contribution in [0.1, 0.15) is 41.6 Å². The number of H-pyrrole nitrogens is 1. The van der Waals surface area contributed by atoms with Crippen LogP contribution in [0, 0.1) is 0 Å². The fraction of sp³-hybridized carbons (Fsp3) is 0.333. The smallest absolute Gasteiger partial charge is 0.293 e. The van der Waals surface area contributed by atoms with Crippen molar-refractivity contribution < 1.29 is 19.4 Å². The zero-order chi connectivity index (χ0) is 29.9. The maximum absolute atomic E-state index is 11.5. The molecule has 2 saturated heterocycles. The minimum absolute atomic E-state index is 0.0429. The van der Waals surface area contributed by atoms with Crippen molar-refractivity contribution in [2.45, 2.75) is 42.9 Å². The van der Waals surface area contributed by atoms with Gasteiger partial charge in [0.25, 0.3) is 6.47 Å². The Hall–Kier alpha value is -4.92. The minimum atomic E-state index is -1.21. The summed E-state index contributed by atoms with van der Waals surface area (Å²) >= 11 is 0. The van der Waals surface area contributed by atoms with Gasteiger partial charge in [0, 0.05) is 25.0 Å². The van der Waals surface area contributed by atoms with Gasteiger partial charge in [-0.2, -0.15) is 15.1 Å². The summed E-state index contributed by atoms with van der Waals surface area (Å²) in [5, 5.41) is 28.0. The molecule has 226 valence electrons. The van der Waals surface area contributed by atoms with E-state index in [2.05, 4.69) is 60.4 Å². The molecule has 14 nitrogen and oxygen atoms in total. The van der Waals surface area contributed by atoms with Gasteiger partial charge in [0.2, 0.25) is 5.95 Å². The van der Waals surface area contributed by atoms with Gasteiger partial charge in [-0.15, -0.1) is 0 Å². The van der Waals surface area contributed by atoms with Crippen LogP contribution in [0.25, 0.3) is 11.2 Å². The average Bonchev–Trinajstić information content (AvgIpc) is 3.88. The number of anilines is 2. The number of fused-ring (bicyclic) bond motifs is 1. The molecule has 0 bridgehead atoms. The first-order valence-electron chi connectivity index (χ1n) is 14.5. The molecule has 2 aliphatic heterocycles. The largest absolute Gasteiger partial charge is 0.457 e. The number of benzene rings is 2. The molecule has 5 aromatic rings. The molecule has 5 atom stereocenters.